The van der Waals surface area contributed by atoms with Crippen LogP contribution in [0.4, 0.5) is 5.95 Å². The minimum atomic E-state index is 0.0570. The van der Waals surface area contributed by atoms with E-state index in [1.54, 1.807) is 18.3 Å². The normalized spacial score (nSPS) is 10.8. The van der Waals surface area contributed by atoms with Crippen LogP contribution in [0.25, 0.3) is 22.0 Å². The fourth-order valence-corrected chi connectivity index (χ4v) is 2.24. The van der Waals surface area contributed by atoms with Gasteiger partial charge in [0.25, 0.3) is 0 Å². The third-order valence-corrected chi connectivity index (χ3v) is 3.20. The van der Waals surface area contributed by atoms with Crippen molar-refractivity contribution in [1.82, 2.24) is 9.97 Å². The maximum Gasteiger partial charge on any atom is 0.220 e. The van der Waals surface area contributed by atoms with Crippen LogP contribution < -0.4 is 5.73 Å². The smallest absolute Gasteiger partial charge is 0.220 e. The molecule has 0 aliphatic carbocycles. The monoisotopic (exact) mass is 271 g/mol. The van der Waals surface area contributed by atoms with Gasteiger partial charge in [0.1, 0.15) is 11.3 Å². The molecule has 1 aromatic heterocycles. The van der Waals surface area contributed by atoms with Gasteiger partial charge in [0.2, 0.25) is 5.95 Å². The fourth-order valence-electron chi connectivity index (χ4n) is 1.99. The second-order valence-electron chi connectivity index (χ2n) is 4.14. The Balaban J connectivity index is 2.27. The van der Waals surface area contributed by atoms with E-state index < -0.39 is 0 Å². The van der Waals surface area contributed by atoms with Crippen molar-refractivity contribution in [2.75, 3.05) is 5.73 Å². The summed E-state index contributed by atoms with van der Waals surface area (Å²) < 4.78 is 0. The summed E-state index contributed by atoms with van der Waals surface area (Å²) in [6.45, 7) is 0. The molecule has 1 heterocycles. The molecular weight excluding hydrogens is 262 g/mol. The predicted molar refractivity (Wildman–Crippen MR) is 76.1 cm³/mol. The first kappa shape index (κ1) is 11.7. The molecule has 0 unspecified atom stereocenters. The summed E-state index contributed by atoms with van der Waals surface area (Å²) in [4.78, 5) is 7.94. The van der Waals surface area contributed by atoms with Gasteiger partial charge in [-0.3, -0.25) is 0 Å². The lowest BCUT2D eigenvalue weighted by atomic mass is 10.0. The van der Waals surface area contributed by atoms with Gasteiger partial charge < -0.3 is 10.8 Å². The molecule has 0 atom stereocenters. The molecule has 0 saturated carbocycles. The van der Waals surface area contributed by atoms with Crippen LogP contribution in [0.15, 0.2) is 42.6 Å². The second kappa shape index (κ2) is 4.40. The van der Waals surface area contributed by atoms with Crippen molar-refractivity contribution >= 4 is 28.5 Å². The van der Waals surface area contributed by atoms with Crippen LogP contribution in [0, 0.1) is 0 Å². The molecule has 0 radical (unpaired) electrons. The lowest BCUT2D eigenvalue weighted by molar-refractivity contribution is 0.480. The van der Waals surface area contributed by atoms with E-state index in [4.69, 9.17) is 17.3 Å². The molecule has 0 aliphatic rings. The Morgan fingerprint density at radius 2 is 1.95 bits per heavy atom. The van der Waals surface area contributed by atoms with Gasteiger partial charge in [-0.1, -0.05) is 29.8 Å². The number of phenolic OH excluding ortho intramolecular Hbond substituents is 1. The Bertz CT molecular complexity index is 774. The molecule has 94 valence electrons. The van der Waals surface area contributed by atoms with Crippen molar-refractivity contribution in [3.05, 3.63) is 47.6 Å². The lowest BCUT2D eigenvalue weighted by Gasteiger charge is -2.07. The van der Waals surface area contributed by atoms with Crippen LogP contribution in [-0.2, 0) is 0 Å². The van der Waals surface area contributed by atoms with E-state index in [0.717, 1.165) is 11.1 Å². The highest BCUT2D eigenvalue weighted by Gasteiger charge is 2.09. The zero-order chi connectivity index (χ0) is 13.4. The molecule has 19 heavy (non-hydrogen) atoms. The first-order chi connectivity index (χ1) is 9.15. The fraction of sp³-hybridized carbons (Fsp3) is 0. The largest absolute Gasteiger partial charge is 0.506 e. The summed E-state index contributed by atoms with van der Waals surface area (Å²) >= 11 is 6.15. The van der Waals surface area contributed by atoms with Crippen LogP contribution in [0.3, 0.4) is 0 Å². The van der Waals surface area contributed by atoms with Gasteiger partial charge in [-0.2, -0.15) is 0 Å². The van der Waals surface area contributed by atoms with Gasteiger partial charge in [0, 0.05) is 22.2 Å². The number of rotatable bonds is 1. The predicted octanol–water partition coefficient (Wildman–Crippen LogP) is 3.24. The Labute approximate surface area is 114 Å². The SMILES string of the molecule is Nc1ncc2cc(-c3ccccc3Cl)cc(O)c2n1. The summed E-state index contributed by atoms with van der Waals surface area (Å²) in [6.07, 6.45) is 1.58. The molecule has 5 heteroatoms. The highest BCUT2D eigenvalue weighted by Crippen LogP contribution is 2.33. The lowest BCUT2D eigenvalue weighted by Crippen LogP contribution is -1.94. The topological polar surface area (TPSA) is 72.0 Å². The summed E-state index contributed by atoms with van der Waals surface area (Å²) in [5, 5.41) is 11.4. The molecular formula is C14H10ClN3O. The number of anilines is 1. The molecule has 0 saturated heterocycles. The average Bonchev–Trinajstić information content (AvgIpc) is 2.40. The van der Waals surface area contributed by atoms with Gasteiger partial charge in [0.15, 0.2) is 0 Å². The average molecular weight is 272 g/mol. The summed E-state index contributed by atoms with van der Waals surface area (Å²) in [5.74, 6) is 0.190. The number of benzene rings is 2. The molecule has 0 bridgehead atoms. The first-order valence-corrected chi connectivity index (χ1v) is 6.03. The number of nitrogens with two attached hydrogens (primary N) is 1. The molecule has 3 rings (SSSR count). The van der Waals surface area contributed by atoms with Crippen molar-refractivity contribution < 1.29 is 5.11 Å². The third kappa shape index (κ3) is 2.06. The van der Waals surface area contributed by atoms with Crippen molar-refractivity contribution in [3.8, 4) is 16.9 Å². The number of nitrogen functional groups attached to an aromatic ring is 1. The van der Waals surface area contributed by atoms with Crippen LogP contribution in [-0.4, -0.2) is 15.1 Å². The van der Waals surface area contributed by atoms with Crippen molar-refractivity contribution in [3.63, 3.8) is 0 Å². The van der Waals surface area contributed by atoms with E-state index in [2.05, 4.69) is 9.97 Å². The Hall–Kier alpha value is -2.33. The number of nitrogens with zero attached hydrogens (tertiary/aromatic N) is 2. The minimum Gasteiger partial charge on any atom is -0.506 e. The highest BCUT2D eigenvalue weighted by molar-refractivity contribution is 6.33. The van der Waals surface area contributed by atoms with Crippen molar-refractivity contribution in [2.45, 2.75) is 0 Å². The maximum absolute atomic E-state index is 10.0. The van der Waals surface area contributed by atoms with E-state index >= 15 is 0 Å². The molecule has 3 N–H and O–H groups in total. The number of aromatic hydroxyl groups is 1. The summed E-state index contributed by atoms with van der Waals surface area (Å²) in [6, 6.07) is 10.9. The minimum absolute atomic E-state index is 0.0570. The van der Waals surface area contributed by atoms with Crippen molar-refractivity contribution in [1.29, 1.82) is 0 Å². The van der Waals surface area contributed by atoms with Gasteiger partial charge in [-0.25, -0.2) is 9.97 Å². The molecule has 2 aromatic carbocycles. The van der Waals surface area contributed by atoms with E-state index in [-0.39, 0.29) is 11.7 Å². The molecule has 0 aliphatic heterocycles. The first-order valence-electron chi connectivity index (χ1n) is 5.65. The number of fused-ring (bicyclic) bond motifs is 1. The van der Waals surface area contributed by atoms with E-state index in [1.165, 1.54) is 0 Å². The maximum atomic E-state index is 10.0. The second-order valence-corrected chi connectivity index (χ2v) is 4.55. The zero-order valence-corrected chi connectivity index (χ0v) is 10.6. The van der Waals surface area contributed by atoms with Crippen molar-refractivity contribution in [2.24, 2.45) is 0 Å². The van der Waals surface area contributed by atoms with Gasteiger partial charge in [-0.05, 0) is 23.8 Å². The van der Waals surface area contributed by atoms with E-state index in [0.29, 0.717) is 15.9 Å². The van der Waals surface area contributed by atoms with Crippen LogP contribution >= 0.6 is 11.6 Å². The number of halogens is 1. The quantitative estimate of drug-likeness (QED) is 0.713. The Kier molecular flexibility index (Phi) is 2.72. The van der Waals surface area contributed by atoms with E-state index in [1.807, 2.05) is 24.3 Å². The Morgan fingerprint density at radius 3 is 2.74 bits per heavy atom. The number of phenols is 1. The molecule has 0 spiro atoms. The van der Waals surface area contributed by atoms with E-state index in [9.17, 15) is 5.11 Å². The van der Waals surface area contributed by atoms with Crippen LogP contribution in [0.5, 0.6) is 5.75 Å². The molecule has 0 fully saturated rings. The number of hydrogen-bond acceptors (Lipinski definition) is 4. The highest BCUT2D eigenvalue weighted by atomic mass is 35.5. The molecule has 4 nitrogen and oxygen atoms in total. The summed E-state index contributed by atoms with van der Waals surface area (Å²) in [7, 11) is 0. The van der Waals surface area contributed by atoms with Gasteiger partial charge in [-0.15, -0.1) is 0 Å². The standard InChI is InChI=1S/C14H10ClN3O/c15-11-4-2-1-3-10(11)8-5-9-7-17-14(16)18-13(9)12(19)6-8/h1-7,19H,(H2,16,17,18). The summed E-state index contributed by atoms with van der Waals surface area (Å²) in [5.41, 5.74) is 7.60. The molecule has 0 amide bonds. The van der Waals surface area contributed by atoms with Gasteiger partial charge >= 0.3 is 0 Å². The Morgan fingerprint density at radius 1 is 1.16 bits per heavy atom. The number of aromatic nitrogens is 2. The van der Waals surface area contributed by atoms with Gasteiger partial charge in [0.05, 0.1) is 0 Å². The molecule has 3 aromatic rings. The van der Waals surface area contributed by atoms with Crippen LogP contribution in [0.1, 0.15) is 0 Å². The number of hydrogen-bond donors (Lipinski definition) is 2. The third-order valence-electron chi connectivity index (χ3n) is 2.87. The van der Waals surface area contributed by atoms with Crippen LogP contribution in [0.2, 0.25) is 5.02 Å². The zero-order valence-electron chi connectivity index (χ0n) is 9.84.